The molecule has 1 N–H and O–H groups in total. The van der Waals surface area contributed by atoms with Crippen molar-refractivity contribution in [3.63, 3.8) is 0 Å². The topological polar surface area (TPSA) is 50.7 Å². The summed E-state index contributed by atoms with van der Waals surface area (Å²) in [6, 6.07) is 0. The summed E-state index contributed by atoms with van der Waals surface area (Å²) in [5.41, 5.74) is -0.197. The average molecular weight is 197 g/mol. The van der Waals surface area contributed by atoms with Crippen molar-refractivity contribution in [3.8, 4) is 0 Å². The van der Waals surface area contributed by atoms with Gasteiger partial charge in [0, 0.05) is 12.0 Å². The van der Waals surface area contributed by atoms with Crippen LogP contribution in [-0.4, -0.2) is 14.8 Å². The molecule has 0 aliphatic heterocycles. The van der Waals surface area contributed by atoms with E-state index in [1.54, 1.807) is 4.57 Å². The number of nitrogens with one attached hydrogen (secondary N) is 1. The van der Waals surface area contributed by atoms with Gasteiger partial charge >= 0.3 is 5.69 Å². The number of aromatic nitrogens is 3. The molecule has 4 nitrogen and oxygen atoms in total. The van der Waals surface area contributed by atoms with Crippen LogP contribution in [0.3, 0.4) is 0 Å². The lowest BCUT2D eigenvalue weighted by Gasteiger charge is -2.18. The van der Waals surface area contributed by atoms with Gasteiger partial charge in [-0.3, -0.25) is 4.57 Å². The summed E-state index contributed by atoms with van der Waals surface area (Å²) in [5.74, 6) is 1.28. The lowest BCUT2D eigenvalue weighted by Crippen LogP contribution is -2.26. The molecular formula is C10H19N3O. The molecule has 1 aromatic rings. The van der Waals surface area contributed by atoms with Crippen LogP contribution in [0.5, 0.6) is 0 Å². The van der Waals surface area contributed by atoms with Gasteiger partial charge in [0.25, 0.3) is 0 Å². The average Bonchev–Trinajstić information content (AvgIpc) is 2.30. The molecule has 0 aliphatic rings. The monoisotopic (exact) mass is 197 g/mol. The zero-order valence-corrected chi connectivity index (χ0v) is 9.59. The molecular weight excluding hydrogens is 178 g/mol. The predicted octanol–water partition coefficient (Wildman–Crippen LogP) is 1.52. The first kappa shape index (κ1) is 11.0. The molecule has 0 aromatic carbocycles. The van der Waals surface area contributed by atoms with Gasteiger partial charge in [0.15, 0.2) is 0 Å². The first-order valence-corrected chi connectivity index (χ1v) is 4.98. The van der Waals surface area contributed by atoms with Crippen LogP contribution in [0.25, 0.3) is 0 Å². The van der Waals surface area contributed by atoms with Crippen LogP contribution in [0.2, 0.25) is 0 Å². The van der Waals surface area contributed by atoms with Crippen molar-refractivity contribution >= 4 is 0 Å². The smallest absolute Gasteiger partial charge is 0.278 e. The van der Waals surface area contributed by atoms with Gasteiger partial charge in [-0.2, -0.15) is 5.10 Å². The zero-order chi connectivity index (χ0) is 10.9. The number of rotatable bonds is 2. The predicted molar refractivity (Wildman–Crippen MR) is 56.4 cm³/mol. The van der Waals surface area contributed by atoms with E-state index in [2.05, 4.69) is 44.8 Å². The quantitative estimate of drug-likeness (QED) is 0.781. The summed E-state index contributed by atoms with van der Waals surface area (Å²) in [6.07, 6.45) is 0. The van der Waals surface area contributed by atoms with Gasteiger partial charge < -0.3 is 0 Å². The molecule has 0 unspecified atom stereocenters. The molecule has 0 fully saturated rings. The molecule has 1 rings (SSSR count). The lowest BCUT2D eigenvalue weighted by molar-refractivity contribution is 0.445. The van der Waals surface area contributed by atoms with Crippen LogP contribution in [0, 0.1) is 5.92 Å². The van der Waals surface area contributed by atoms with Crippen molar-refractivity contribution in [2.24, 2.45) is 5.92 Å². The number of nitrogens with zero attached hydrogens (tertiary/aromatic N) is 2. The summed E-state index contributed by atoms with van der Waals surface area (Å²) < 4.78 is 1.73. The Morgan fingerprint density at radius 1 is 1.43 bits per heavy atom. The van der Waals surface area contributed by atoms with E-state index >= 15 is 0 Å². The number of aromatic amines is 1. The first-order valence-electron chi connectivity index (χ1n) is 4.98. The Morgan fingerprint density at radius 3 is 2.43 bits per heavy atom. The third-order valence-electron chi connectivity index (χ3n) is 1.98. The van der Waals surface area contributed by atoms with E-state index in [0.717, 1.165) is 12.4 Å². The second-order valence-corrected chi connectivity index (χ2v) is 5.11. The Hall–Kier alpha value is -1.06. The largest absolute Gasteiger partial charge is 0.343 e. The maximum absolute atomic E-state index is 11.5. The highest BCUT2D eigenvalue weighted by atomic mass is 16.1. The summed E-state index contributed by atoms with van der Waals surface area (Å²) in [5, 5.41) is 6.57. The van der Waals surface area contributed by atoms with E-state index in [0.29, 0.717) is 5.92 Å². The van der Waals surface area contributed by atoms with E-state index in [9.17, 15) is 4.79 Å². The standard InChI is InChI=1S/C10H19N3O/c1-7(2)6-13-8(10(3,4)5)11-12-9(13)14/h7H,6H2,1-5H3,(H,12,14). The van der Waals surface area contributed by atoms with Crippen molar-refractivity contribution in [1.29, 1.82) is 0 Å². The molecule has 0 spiro atoms. The second-order valence-electron chi connectivity index (χ2n) is 5.11. The van der Waals surface area contributed by atoms with Crippen LogP contribution in [0.4, 0.5) is 0 Å². The van der Waals surface area contributed by atoms with Crippen LogP contribution < -0.4 is 5.69 Å². The van der Waals surface area contributed by atoms with E-state index in [4.69, 9.17) is 0 Å². The fourth-order valence-corrected chi connectivity index (χ4v) is 1.42. The van der Waals surface area contributed by atoms with Crippen molar-refractivity contribution < 1.29 is 0 Å². The Balaban J connectivity index is 3.13. The molecule has 0 radical (unpaired) electrons. The molecule has 80 valence electrons. The summed E-state index contributed by atoms with van der Waals surface area (Å²) >= 11 is 0. The fourth-order valence-electron chi connectivity index (χ4n) is 1.42. The fraction of sp³-hybridized carbons (Fsp3) is 0.800. The molecule has 0 saturated carbocycles. The summed E-state index contributed by atoms with van der Waals surface area (Å²) in [6.45, 7) is 11.1. The molecule has 0 saturated heterocycles. The molecule has 0 bridgehead atoms. The van der Waals surface area contributed by atoms with Crippen molar-refractivity contribution in [3.05, 3.63) is 16.3 Å². The normalized spacial score (nSPS) is 12.4. The molecule has 1 heterocycles. The lowest BCUT2D eigenvalue weighted by atomic mass is 9.95. The number of H-pyrrole nitrogens is 1. The third kappa shape index (κ3) is 2.25. The van der Waals surface area contributed by atoms with Gasteiger partial charge in [-0.05, 0) is 5.92 Å². The highest BCUT2D eigenvalue weighted by molar-refractivity contribution is 5.01. The maximum atomic E-state index is 11.5. The maximum Gasteiger partial charge on any atom is 0.343 e. The highest BCUT2D eigenvalue weighted by Crippen LogP contribution is 2.18. The van der Waals surface area contributed by atoms with E-state index < -0.39 is 0 Å². The number of hydrogen-bond donors (Lipinski definition) is 1. The molecule has 14 heavy (non-hydrogen) atoms. The van der Waals surface area contributed by atoms with Crippen LogP contribution in [-0.2, 0) is 12.0 Å². The van der Waals surface area contributed by atoms with Gasteiger partial charge in [0.2, 0.25) is 0 Å². The van der Waals surface area contributed by atoms with Gasteiger partial charge in [-0.25, -0.2) is 9.89 Å². The Morgan fingerprint density at radius 2 is 2.00 bits per heavy atom. The van der Waals surface area contributed by atoms with Gasteiger partial charge in [-0.15, -0.1) is 0 Å². The van der Waals surface area contributed by atoms with Gasteiger partial charge in [0.05, 0.1) is 0 Å². The number of hydrogen-bond acceptors (Lipinski definition) is 2. The molecule has 0 aliphatic carbocycles. The molecule has 1 aromatic heterocycles. The SMILES string of the molecule is CC(C)Cn1c(C(C)(C)C)n[nH]c1=O. The minimum absolute atomic E-state index is 0.0892. The second kappa shape index (κ2) is 3.59. The Bertz CT molecular complexity index is 354. The third-order valence-corrected chi connectivity index (χ3v) is 1.98. The Kier molecular flexibility index (Phi) is 2.83. The van der Waals surface area contributed by atoms with Crippen LogP contribution >= 0.6 is 0 Å². The van der Waals surface area contributed by atoms with Crippen LogP contribution in [0.15, 0.2) is 4.79 Å². The molecule has 0 atom stereocenters. The van der Waals surface area contributed by atoms with Crippen molar-refractivity contribution in [1.82, 2.24) is 14.8 Å². The van der Waals surface area contributed by atoms with Crippen molar-refractivity contribution in [2.45, 2.75) is 46.6 Å². The minimum Gasteiger partial charge on any atom is -0.278 e. The van der Waals surface area contributed by atoms with E-state index in [-0.39, 0.29) is 11.1 Å². The minimum atomic E-state index is -0.108. The Labute approximate surface area is 84.3 Å². The highest BCUT2D eigenvalue weighted by Gasteiger charge is 2.22. The van der Waals surface area contributed by atoms with Crippen molar-refractivity contribution in [2.75, 3.05) is 0 Å². The molecule has 0 amide bonds. The summed E-state index contributed by atoms with van der Waals surface area (Å²) in [7, 11) is 0. The van der Waals surface area contributed by atoms with Crippen LogP contribution in [0.1, 0.15) is 40.4 Å². The van der Waals surface area contributed by atoms with Gasteiger partial charge in [0.1, 0.15) is 5.82 Å². The van der Waals surface area contributed by atoms with E-state index in [1.807, 2.05) is 0 Å². The first-order chi connectivity index (χ1) is 6.32. The molecule has 4 heteroatoms. The van der Waals surface area contributed by atoms with Gasteiger partial charge in [-0.1, -0.05) is 34.6 Å². The zero-order valence-electron chi connectivity index (χ0n) is 9.59. The van der Waals surface area contributed by atoms with E-state index in [1.165, 1.54) is 0 Å². The summed E-state index contributed by atoms with van der Waals surface area (Å²) in [4.78, 5) is 11.5.